The number of piperidine rings is 1. The Hall–Kier alpha value is -2.82. The van der Waals surface area contributed by atoms with Gasteiger partial charge in [0.15, 0.2) is 0 Å². The molecule has 31 heavy (non-hydrogen) atoms. The van der Waals surface area contributed by atoms with Gasteiger partial charge in [-0.2, -0.15) is 0 Å². The maximum atomic E-state index is 12.8. The van der Waals surface area contributed by atoms with Gasteiger partial charge >= 0.3 is 6.09 Å². The van der Waals surface area contributed by atoms with Crippen molar-refractivity contribution in [3.8, 4) is 11.1 Å². The van der Waals surface area contributed by atoms with E-state index in [9.17, 15) is 9.90 Å². The average Bonchev–Trinajstić information content (AvgIpc) is 3.12. The van der Waals surface area contributed by atoms with Crippen molar-refractivity contribution in [1.82, 2.24) is 4.90 Å². The zero-order valence-electron chi connectivity index (χ0n) is 17.1. The fourth-order valence-electron chi connectivity index (χ4n) is 4.79. The zero-order valence-corrected chi connectivity index (χ0v) is 17.9. The number of carbonyl (C=O) groups is 1. The Morgan fingerprint density at radius 1 is 0.935 bits per heavy atom. The molecule has 0 spiro atoms. The maximum Gasteiger partial charge on any atom is 0.409 e. The van der Waals surface area contributed by atoms with E-state index >= 15 is 0 Å². The number of hydrogen-bond acceptors (Lipinski definition) is 3. The van der Waals surface area contributed by atoms with Crippen molar-refractivity contribution in [2.75, 3.05) is 19.7 Å². The number of halogens is 1. The molecular weight excluding hydrogens is 410 g/mol. The van der Waals surface area contributed by atoms with Crippen LogP contribution < -0.4 is 0 Å². The third kappa shape index (κ3) is 3.71. The van der Waals surface area contributed by atoms with Gasteiger partial charge in [-0.3, -0.25) is 0 Å². The highest BCUT2D eigenvalue weighted by Crippen LogP contribution is 2.44. The number of amides is 1. The molecular formula is C26H24ClNO3. The number of hydrogen-bond donors (Lipinski definition) is 1. The number of aliphatic hydroxyl groups is 1. The predicted molar refractivity (Wildman–Crippen MR) is 121 cm³/mol. The molecule has 4 nitrogen and oxygen atoms in total. The Morgan fingerprint density at radius 2 is 1.48 bits per heavy atom. The van der Waals surface area contributed by atoms with Gasteiger partial charge in [-0.15, -0.1) is 0 Å². The number of carbonyl (C=O) groups excluding carboxylic acids is 1. The molecule has 0 bridgehead atoms. The van der Waals surface area contributed by atoms with E-state index < -0.39 is 5.60 Å². The highest BCUT2D eigenvalue weighted by Gasteiger charge is 2.36. The third-order valence-corrected chi connectivity index (χ3v) is 6.82. The summed E-state index contributed by atoms with van der Waals surface area (Å²) < 4.78 is 5.76. The topological polar surface area (TPSA) is 49.8 Å². The fraction of sp³-hybridized carbons (Fsp3) is 0.269. The summed E-state index contributed by atoms with van der Waals surface area (Å²) in [4.78, 5) is 14.5. The lowest BCUT2D eigenvalue weighted by Crippen LogP contribution is -2.45. The molecule has 0 aromatic heterocycles. The number of fused-ring (bicyclic) bond motifs is 3. The molecule has 5 rings (SSSR count). The van der Waals surface area contributed by atoms with Gasteiger partial charge in [-0.25, -0.2) is 4.79 Å². The van der Waals surface area contributed by atoms with Crippen molar-refractivity contribution in [3.05, 3.63) is 94.5 Å². The molecule has 3 aromatic rings. The van der Waals surface area contributed by atoms with E-state index in [1.165, 1.54) is 22.3 Å². The zero-order chi connectivity index (χ0) is 21.4. The minimum Gasteiger partial charge on any atom is -0.448 e. The largest absolute Gasteiger partial charge is 0.448 e. The Balaban J connectivity index is 1.24. The first-order valence-corrected chi connectivity index (χ1v) is 11.0. The van der Waals surface area contributed by atoms with E-state index in [0.29, 0.717) is 37.6 Å². The van der Waals surface area contributed by atoms with Crippen molar-refractivity contribution in [1.29, 1.82) is 0 Å². The fourth-order valence-corrected chi connectivity index (χ4v) is 4.92. The highest BCUT2D eigenvalue weighted by atomic mass is 35.5. The van der Waals surface area contributed by atoms with Gasteiger partial charge < -0.3 is 14.7 Å². The molecule has 0 saturated carbocycles. The van der Waals surface area contributed by atoms with Gasteiger partial charge in [-0.05, 0) is 52.8 Å². The first kappa shape index (κ1) is 20.1. The molecule has 1 N–H and O–H groups in total. The summed E-state index contributed by atoms with van der Waals surface area (Å²) in [6, 6.07) is 23.9. The van der Waals surface area contributed by atoms with Crippen LogP contribution in [0.5, 0.6) is 0 Å². The molecule has 1 heterocycles. The lowest BCUT2D eigenvalue weighted by atomic mass is 9.84. The molecule has 1 saturated heterocycles. The summed E-state index contributed by atoms with van der Waals surface area (Å²) in [5, 5.41) is 11.7. The van der Waals surface area contributed by atoms with E-state index in [2.05, 4.69) is 24.3 Å². The van der Waals surface area contributed by atoms with E-state index in [1.54, 1.807) is 17.0 Å². The molecule has 3 aromatic carbocycles. The monoisotopic (exact) mass is 433 g/mol. The van der Waals surface area contributed by atoms with Crippen LogP contribution in [0.4, 0.5) is 4.79 Å². The van der Waals surface area contributed by atoms with Gasteiger partial charge in [0.25, 0.3) is 0 Å². The minimum absolute atomic E-state index is 0.0483. The third-order valence-electron chi connectivity index (χ3n) is 6.57. The summed E-state index contributed by atoms with van der Waals surface area (Å²) in [5.41, 5.74) is 4.73. The molecule has 1 aliphatic heterocycles. The summed E-state index contributed by atoms with van der Waals surface area (Å²) in [7, 11) is 0. The first-order valence-electron chi connectivity index (χ1n) is 10.6. The van der Waals surface area contributed by atoms with Crippen molar-refractivity contribution in [2.45, 2.75) is 24.4 Å². The maximum absolute atomic E-state index is 12.8. The van der Waals surface area contributed by atoms with Crippen LogP contribution in [0.15, 0.2) is 72.8 Å². The van der Waals surface area contributed by atoms with Crippen LogP contribution in [0.3, 0.4) is 0 Å². The Labute approximate surface area is 187 Å². The second-order valence-corrected chi connectivity index (χ2v) is 8.77. The van der Waals surface area contributed by atoms with Crippen LogP contribution in [0.25, 0.3) is 11.1 Å². The number of rotatable bonds is 3. The second kappa shape index (κ2) is 8.03. The van der Waals surface area contributed by atoms with Crippen molar-refractivity contribution < 1.29 is 14.6 Å². The smallest absolute Gasteiger partial charge is 0.409 e. The van der Waals surface area contributed by atoms with E-state index in [4.69, 9.17) is 16.3 Å². The lowest BCUT2D eigenvalue weighted by molar-refractivity contribution is -0.0249. The standard InChI is InChI=1S/C26H24ClNO3/c27-19-11-9-18(10-12-19)26(30)13-15-28(16-14-26)25(29)31-17-24-22-7-3-1-5-20(22)21-6-2-4-8-23(21)24/h1-12,24,30H,13-17H2. The normalized spacial score (nSPS) is 17.2. The van der Waals surface area contributed by atoms with Crippen molar-refractivity contribution >= 4 is 17.7 Å². The summed E-state index contributed by atoms with van der Waals surface area (Å²) in [5.74, 6) is 0.0483. The van der Waals surface area contributed by atoms with Crippen molar-refractivity contribution in [2.24, 2.45) is 0 Å². The number of ether oxygens (including phenoxy) is 1. The Kier molecular flexibility index (Phi) is 5.20. The average molecular weight is 434 g/mol. The van der Waals surface area contributed by atoms with E-state index in [1.807, 2.05) is 36.4 Å². The lowest BCUT2D eigenvalue weighted by Gasteiger charge is -2.38. The molecule has 1 fully saturated rings. The van der Waals surface area contributed by atoms with Gasteiger partial charge in [0.05, 0.1) is 5.60 Å². The van der Waals surface area contributed by atoms with E-state index in [0.717, 1.165) is 5.56 Å². The van der Waals surface area contributed by atoms with Gasteiger partial charge in [0.2, 0.25) is 0 Å². The van der Waals surface area contributed by atoms with Crippen LogP contribution in [0, 0.1) is 0 Å². The molecule has 158 valence electrons. The van der Waals surface area contributed by atoms with Gasteiger partial charge in [0.1, 0.15) is 6.61 Å². The molecule has 1 amide bonds. The summed E-state index contributed by atoms with van der Waals surface area (Å²) in [6.07, 6.45) is 0.623. The molecule has 0 atom stereocenters. The Bertz CT molecular complexity index is 1060. The van der Waals surface area contributed by atoms with Crippen LogP contribution >= 0.6 is 11.6 Å². The molecule has 5 heteroatoms. The van der Waals surface area contributed by atoms with E-state index in [-0.39, 0.29) is 12.0 Å². The highest BCUT2D eigenvalue weighted by molar-refractivity contribution is 6.30. The summed E-state index contributed by atoms with van der Waals surface area (Å²) >= 11 is 5.96. The van der Waals surface area contributed by atoms with Crippen molar-refractivity contribution in [3.63, 3.8) is 0 Å². The van der Waals surface area contributed by atoms with Crippen LogP contribution in [-0.2, 0) is 10.3 Å². The van der Waals surface area contributed by atoms with Gasteiger partial charge in [0, 0.05) is 24.0 Å². The van der Waals surface area contributed by atoms with Crippen LogP contribution in [0.2, 0.25) is 5.02 Å². The molecule has 0 unspecified atom stereocenters. The predicted octanol–water partition coefficient (Wildman–Crippen LogP) is 5.57. The second-order valence-electron chi connectivity index (χ2n) is 8.33. The molecule has 1 aliphatic carbocycles. The SMILES string of the molecule is O=C(OCC1c2ccccc2-c2ccccc21)N1CCC(O)(c2ccc(Cl)cc2)CC1. The van der Waals surface area contributed by atoms with Crippen LogP contribution in [0.1, 0.15) is 35.4 Å². The number of benzene rings is 3. The Morgan fingerprint density at radius 3 is 2.06 bits per heavy atom. The first-order chi connectivity index (χ1) is 15.0. The molecule has 2 aliphatic rings. The van der Waals surface area contributed by atoms with Gasteiger partial charge in [-0.1, -0.05) is 72.3 Å². The number of nitrogens with zero attached hydrogens (tertiary/aromatic N) is 1. The number of likely N-dealkylation sites (tertiary alicyclic amines) is 1. The summed E-state index contributed by atoms with van der Waals surface area (Å²) in [6.45, 7) is 1.22. The minimum atomic E-state index is -0.940. The molecule has 0 radical (unpaired) electrons. The van der Waals surface area contributed by atoms with Crippen LogP contribution in [-0.4, -0.2) is 35.8 Å². The quantitative estimate of drug-likeness (QED) is 0.587.